The van der Waals surface area contributed by atoms with Crippen LogP contribution in [-0.4, -0.2) is 12.1 Å². The molecule has 1 aromatic carbocycles. The van der Waals surface area contributed by atoms with E-state index in [0.717, 1.165) is 5.39 Å². The maximum absolute atomic E-state index is 11.6. The van der Waals surface area contributed by atoms with Crippen molar-refractivity contribution in [1.29, 1.82) is 0 Å². The molecule has 0 fully saturated rings. The van der Waals surface area contributed by atoms with Gasteiger partial charge in [0.25, 0.3) is 5.56 Å². The molecule has 0 aliphatic heterocycles. The summed E-state index contributed by atoms with van der Waals surface area (Å²) in [5.41, 5.74) is 1.21. The van der Waals surface area contributed by atoms with Crippen molar-refractivity contribution in [1.82, 2.24) is 4.98 Å². The van der Waals surface area contributed by atoms with Crippen LogP contribution in [0.3, 0.4) is 0 Å². The number of fused-ring (bicyclic) bond motifs is 1. The van der Waals surface area contributed by atoms with Gasteiger partial charge in [-0.2, -0.15) is 0 Å². The molecule has 1 N–H and O–H groups in total. The molecule has 2 aromatic rings. The summed E-state index contributed by atoms with van der Waals surface area (Å²) < 4.78 is 5.17. The number of hydrogen-bond donors (Lipinski definition) is 1. The van der Waals surface area contributed by atoms with E-state index in [4.69, 9.17) is 16.3 Å². The number of hydrogen-bond acceptors (Lipinski definition) is 2. The monoisotopic (exact) mass is 301 g/mol. The van der Waals surface area contributed by atoms with Crippen LogP contribution in [0.2, 0.25) is 5.02 Å². The van der Waals surface area contributed by atoms with Crippen LogP contribution in [0, 0.1) is 0 Å². The van der Waals surface area contributed by atoms with Crippen LogP contribution in [0.4, 0.5) is 0 Å². The molecule has 1 heterocycles. The lowest BCUT2D eigenvalue weighted by molar-refractivity contribution is 0.419. The molecule has 2 rings (SSSR count). The molecule has 0 aliphatic rings. The Bertz CT molecular complexity index is 594. The third kappa shape index (κ3) is 1.95. The van der Waals surface area contributed by atoms with Gasteiger partial charge in [0.05, 0.1) is 12.6 Å². The summed E-state index contributed by atoms with van der Waals surface area (Å²) in [5.74, 6) is 0.570. The SMILES string of the molecule is COc1cc(Cl)cc2cc(CBr)c(=O)[nH]c12. The van der Waals surface area contributed by atoms with Crippen molar-refractivity contribution in [3.05, 3.63) is 39.1 Å². The zero-order valence-electron chi connectivity index (χ0n) is 8.51. The van der Waals surface area contributed by atoms with Crippen LogP contribution in [0.5, 0.6) is 5.75 Å². The Kier molecular flexibility index (Phi) is 3.21. The molecule has 16 heavy (non-hydrogen) atoms. The van der Waals surface area contributed by atoms with Gasteiger partial charge in [-0.25, -0.2) is 0 Å². The van der Waals surface area contributed by atoms with Gasteiger partial charge in [0.15, 0.2) is 0 Å². The second-order valence-electron chi connectivity index (χ2n) is 3.33. The zero-order chi connectivity index (χ0) is 11.7. The molecule has 3 nitrogen and oxygen atoms in total. The van der Waals surface area contributed by atoms with Crippen molar-refractivity contribution >= 4 is 38.4 Å². The van der Waals surface area contributed by atoms with E-state index in [-0.39, 0.29) is 5.56 Å². The lowest BCUT2D eigenvalue weighted by Crippen LogP contribution is -2.11. The second-order valence-corrected chi connectivity index (χ2v) is 4.33. The van der Waals surface area contributed by atoms with Crippen molar-refractivity contribution in [3.8, 4) is 5.75 Å². The zero-order valence-corrected chi connectivity index (χ0v) is 10.9. The summed E-state index contributed by atoms with van der Waals surface area (Å²) in [4.78, 5) is 14.4. The molecule has 0 atom stereocenters. The summed E-state index contributed by atoms with van der Waals surface area (Å²) in [6.45, 7) is 0. The lowest BCUT2D eigenvalue weighted by Gasteiger charge is -2.07. The largest absolute Gasteiger partial charge is 0.494 e. The number of aromatic nitrogens is 1. The predicted molar refractivity (Wildman–Crippen MR) is 68.8 cm³/mol. The number of methoxy groups -OCH3 is 1. The van der Waals surface area contributed by atoms with Crippen LogP contribution in [-0.2, 0) is 5.33 Å². The van der Waals surface area contributed by atoms with E-state index in [0.29, 0.717) is 27.2 Å². The lowest BCUT2D eigenvalue weighted by atomic mass is 10.1. The number of rotatable bonds is 2. The first-order chi connectivity index (χ1) is 7.65. The number of aromatic amines is 1. The highest BCUT2D eigenvalue weighted by molar-refractivity contribution is 9.08. The molecule has 1 aromatic heterocycles. The van der Waals surface area contributed by atoms with Crippen molar-refractivity contribution in [2.75, 3.05) is 7.11 Å². The number of halogens is 2. The van der Waals surface area contributed by atoms with Crippen molar-refractivity contribution in [3.63, 3.8) is 0 Å². The molecular weight excluding hydrogens is 293 g/mol. The van der Waals surface area contributed by atoms with E-state index in [1.807, 2.05) is 0 Å². The summed E-state index contributed by atoms with van der Waals surface area (Å²) >= 11 is 9.22. The normalized spacial score (nSPS) is 10.7. The molecule has 0 saturated heterocycles. The molecule has 0 radical (unpaired) electrons. The average molecular weight is 303 g/mol. The number of pyridine rings is 1. The molecule has 0 saturated carbocycles. The summed E-state index contributed by atoms with van der Waals surface area (Å²) in [6.07, 6.45) is 0. The molecule has 0 unspecified atom stereocenters. The standard InChI is InChI=1S/C11H9BrClNO2/c1-16-9-4-8(13)3-6-2-7(5-12)11(15)14-10(6)9/h2-4H,5H2,1H3,(H,14,15). The Balaban J connectivity index is 2.84. The molecule has 0 bridgehead atoms. The average Bonchev–Trinajstić information content (AvgIpc) is 2.28. The van der Waals surface area contributed by atoms with Crippen LogP contribution in [0.15, 0.2) is 23.0 Å². The number of H-pyrrole nitrogens is 1. The van der Waals surface area contributed by atoms with Crippen molar-refractivity contribution in [2.45, 2.75) is 5.33 Å². The predicted octanol–water partition coefficient (Wildman–Crippen LogP) is 3.09. The van der Waals surface area contributed by atoms with E-state index in [1.54, 1.807) is 25.3 Å². The third-order valence-corrected chi connectivity index (χ3v) is 3.14. The second kappa shape index (κ2) is 4.47. The topological polar surface area (TPSA) is 42.1 Å². The number of nitrogens with one attached hydrogen (secondary N) is 1. The maximum atomic E-state index is 11.6. The number of benzene rings is 1. The summed E-state index contributed by atoms with van der Waals surface area (Å²) in [5, 5.41) is 1.95. The van der Waals surface area contributed by atoms with E-state index in [2.05, 4.69) is 20.9 Å². The first kappa shape index (κ1) is 11.5. The highest BCUT2D eigenvalue weighted by Crippen LogP contribution is 2.27. The smallest absolute Gasteiger partial charge is 0.252 e. The molecule has 0 spiro atoms. The Labute approximate surface area is 106 Å². The minimum atomic E-state index is -0.120. The molecular formula is C11H9BrClNO2. The van der Waals surface area contributed by atoms with E-state index < -0.39 is 0 Å². The molecule has 84 valence electrons. The Morgan fingerprint density at radius 1 is 1.44 bits per heavy atom. The highest BCUT2D eigenvalue weighted by Gasteiger charge is 2.07. The van der Waals surface area contributed by atoms with E-state index in [1.165, 1.54) is 0 Å². The van der Waals surface area contributed by atoms with Gasteiger partial charge in [0, 0.05) is 27.4 Å². The van der Waals surface area contributed by atoms with Gasteiger partial charge in [-0.15, -0.1) is 0 Å². The van der Waals surface area contributed by atoms with Crippen LogP contribution >= 0.6 is 27.5 Å². The maximum Gasteiger partial charge on any atom is 0.252 e. The van der Waals surface area contributed by atoms with Gasteiger partial charge in [-0.1, -0.05) is 27.5 Å². The van der Waals surface area contributed by atoms with Gasteiger partial charge in [-0.3, -0.25) is 4.79 Å². The van der Waals surface area contributed by atoms with Crippen LogP contribution in [0.1, 0.15) is 5.56 Å². The van der Waals surface area contributed by atoms with Gasteiger partial charge in [0.1, 0.15) is 5.75 Å². The van der Waals surface area contributed by atoms with Gasteiger partial charge in [0.2, 0.25) is 0 Å². The van der Waals surface area contributed by atoms with Crippen molar-refractivity contribution < 1.29 is 4.74 Å². The molecule has 0 amide bonds. The Morgan fingerprint density at radius 3 is 2.81 bits per heavy atom. The molecule has 0 aliphatic carbocycles. The van der Waals surface area contributed by atoms with Crippen LogP contribution < -0.4 is 10.3 Å². The molecule has 5 heteroatoms. The van der Waals surface area contributed by atoms with Gasteiger partial charge >= 0.3 is 0 Å². The number of alkyl halides is 1. The third-order valence-electron chi connectivity index (χ3n) is 2.32. The quantitative estimate of drug-likeness (QED) is 0.866. The number of ether oxygens (including phenoxy) is 1. The first-order valence-electron chi connectivity index (χ1n) is 4.61. The fourth-order valence-corrected chi connectivity index (χ4v) is 2.19. The fourth-order valence-electron chi connectivity index (χ4n) is 1.56. The van der Waals surface area contributed by atoms with Gasteiger partial charge < -0.3 is 9.72 Å². The summed E-state index contributed by atoms with van der Waals surface area (Å²) in [6, 6.07) is 5.27. The van der Waals surface area contributed by atoms with E-state index >= 15 is 0 Å². The first-order valence-corrected chi connectivity index (χ1v) is 6.11. The minimum absolute atomic E-state index is 0.120. The summed E-state index contributed by atoms with van der Waals surface area (Å²) in [7, 11) is 1.54. The minimum Gasteiger partial charge on any atom is -0.494 e. The Hall–Kier alpha value is -1.00. The fraction of sp³-hybridized carbons (Fsp3) is 0.182. The van der Waals surface area contributed by atoms with E-state index in [9.17, 15) is 4.79 Å². The highest BCUT2D eigenvalue weighted by atomic mass is 79.9. The van der Waals surface area contributed by atoms with Gasteiger partial charge in [-0.05, 0) is 12.1 Å². The Morgan fingerprint density at radius 2 is 2.19 bits per heavy atom. The van der Waals surface area contributed by atoms with Crippen LogP contribution in [0.25, 0.3) is 10.9 Å². The van der Waals surface area contributed by atoms with Crippen molar-refractivity contribution in [2.24, 2.45) is 0 Å².